The molecule has 0 amide bonds. The fourth-order valence-electron chi connectivity index (χ4n) is 2.80. The van der Waals surface area contributed by atoms with Crippen LogP contribution in [-0.4, -0.2) is 32.9 Å². The van der Waals surface area contributed by atoms with Gasteiger partial charge in [0.1, 0.15) is 5.75 Å². The van der Waals surface area contributed by atoms with Crippen molar-refractivity contribution in [3.63, 3.8) is 0 Å². The van der Waals surface area contributed by atoms with Crippen LogP contribution < -0.4 is 10.1 Å². The first-order valence-corrected chi connectivity index (χ1v) is 7.27. The molecule has 0 saturated carbocycles. The predicted octanol–water partition coefficient (Wildman–Crippen LogP) is 2.64. The SMILES string of the molecule is CCNC(Cc1ccc(OC)cc1)C1CCOCC1. The second kappa shape index (κ2) is 7.51. The molecule has 3 nitrogen and oxygen atoms in total. The summed E-state index contributed by atoms with van der Waals surface area (Å²) in [5.41, 5.74) is 1.37. The van der Waals surface area contributed by atoms with Crippen LogP contribution in [0.3, 0.4) is 0 Å². The van der Waals surface area contributed by atoms with Crippen molar-refractivity contribution < 1.29 is 9.47 Å². The number of likely N-dealkylation sites (N-methyl/N-ethyl adjacent to an activating group) is 1. The maximum absolute atomic E-state index is 5.46. The van der Waals surface area contributed by atoms with Gasteiger partial charge in [-0.3, -0.25) is 0 Å². The van der Waals surface area contributed by atoms with Crippen molar-refractivity contribution in [2.24, 2.45) is 5.92 Å². The zero-order valence-electron chi connectivity index (χ0n) is 12.0. The molecular formula is C16H25NO2. The molecule has 0 aliphatic carbocycles. The lowest BCUT2D eigenvalue weighted by atomic mass is 9.87. The van der Waals surface area contributed by atoms with E-state index in [1.807, 2.05) is 12.1 Å². The van der Waals surface area contributed by atoms with E-state index in [-0.39, 0.29) is 0 Å². The van der Waals surface area contributed by atoms with E-state index in [4.69, 9.17) is 9.47 Å². The third-order valence-electron chi connectivity index (χ3n) is 3.92. The highest BCUT2D eigenvalue weighted by Gasteiger charge is 2.23. The molecule has 1 aliphatic heterocycles. The Kier molecular flexibility index (Phi) is 5.67. The molecule has 1 heterocycles. The van der Waals surface area contributed by atoms with Crippen LogP contribution in [0.4, 0.5) is 0 Å². The first kappa shape index (κ1) is 14.4. The largest absolute Gasteiger partial charge is 0.497 e. The maximum atomic E-state index is 5.46. The number of rotatable bonds is 6. The number of hydrogen-bond donors (Lipinski definition) is 1. The number of nitrogens with one attached hydrogen (secondary N) is 1. The quantitative estimate of drug-likeness (QED) is 0.856. The van der Waals surface area contributed by atoms with E-state index in [1.54, 1.807) is 7.11 Å². The van der Waals surface area contributed by atoms with Crippen LogP contribution in [0.5, 0.6) is 5.75 Å². The Labute approximate surface area is 116 Å². The Morgan fingerprint density at radius 2 is 1.95 bits per heavy atom. The van der Waals surface area contributed by atoms with Crippen molar-refractivity contribution in [2.45, 2.75) is 32.2 Å². The zero-order chi connectivity index (χ0) is 13.5. The molecule has 0 radical (unpaired) electrons. The molecule has 0 aromatic heterocycles. The van der Waals surface area contributed by atoms with Crippen molar-refractivity contribution in [3.05, 3.63) is 29.8 Å². The average molecular weight is 263 g/mol. The van der Waals surface area contributed by atoms with Gasteiger partial charge in [-0.1, -0.05) is 19.1 Å². The summed E-state index contributed by atoms with van der Waals surface area (Å²) in [7, 11) is 1.71. The average Bonchev–Trinajstić information content (AvgIpc) is 2.48. The number of methoxy groups -OCH3 is 1. The molecule has 0 spiro atoms. The Bertz CT molecular complexity index is 358. The van der Waals surface area contributed by atoms with Gasteiger partial charge in [-0.2, -0.15) is 0 Å². The molecule has 0 bridgehead atoms. The summed E-state index contributed by atoms with van der Waals surface area (Å²) < 4.78 is 10.7. The van der Waals surface area contributed by atoms with Crippen molar-refractivity contribution in [1.29, 1.82) is 0 Å². The van der Waals surface area contributed by atoms with Crippen molar-refractivity contribution in [1.82, 2.24) is 5.32 Å². The summed E-state index contributed by atoms with van der Waals surface area (Å²) in [4.78, 5) is 0. The van der Waals surface area contributed by atoms with Gasteiger partial charge in [0, 0.05) is 19.3 Å². The molecule has 1 aromatic carbocycles. The summed E-state index contributed by atoms with van der Waals surface area (Å²) in [5.74, 6) is 1.66. The number of ether oxygens (including phenoxy) is 2. The highest BCUT2D eigenvalue weighted by Crippen LogP contribution is 2.22. The minimum absolute atomic E-state index is 0.558. The maximum Gasteiger partial charge on any atom is 0.118 e. The Hall–Kier alpha value is -1.06. The molecule has 1 fully saturated rings. The molecule has 1 unspecified atom stereocenters. The molecule has 1 N–H and O–H groups in total. The Balaban J connectivity index is 1.97. The molecule has 1 aromatic rings. The smallest absolute Gasteiger partial charge is 0.118 e. The van der Waals surface area contributed by atoms with Gasteiger partial charge in [0.25, 0.3) is 0 Å². The van der Waals surface area contributed by atoms with E-state index < -0.39 is 0 Å². The number of benzene rings is 1. The van der Waals surface area contributed by atoms with Gasteiger partial charge in [0.15, 0.2) is 0 Å². The lowest BCUT2D eigenvalue weighted by Crippen LogP contribution is -2.40. The topological polar surface area (TPSA) is 30.5 Å². The summed E-state index contributed by atoms with van der Waals surface area (Å²) in [6, 6.07) is 8.98. The van der Waals surface area contributed by atoms with Crippen LogP contribution in [0, 0.1) is 5.92 Å². The van der Waals surface area contributed by atoms with E-state index in [0.717, 1.165) is 37.8 Å². The van der Waals surface area contributed by atoms with Gasteiger partial charge in [-0.25, -0.2) is 0 Å². The first-order valence-electron chi connectivity index (χ1n) is 7.27. The normalized spacial score (nSPS) is 18.2. The zero-order valence-corrected chi connectivity index (χ0v) is 12.0. The van der Waals surface area contributed by atoms with Crippen LogP contribution in [-0.2, 0) is 11.2 Å². The minimum Gasteiger partial charge on any atom is -0.497 e. The van der Waals surface area contributed by atoms with Crippen molar-refractivity contribution in [3.8, 4) is 5.75 Å². The van der Waals surface area contributed by atoms with Gasteiger partial charge >= 0.3 is 0 Å². The van der Waals surface area contributed by atoms with Crippen LogP contribution in [0.25, 0.3) is 0 Å². The van der Waals surface area contributed by atoms with E-state index in [0.29, 0.717) is 6.04 Å². The van der Waals surface area contributed by atoms with Crippen LogP contribution >= 0.6 is 0 Å². The Morgan fingerprint density at radius 3 is 2.53 bits per heavy atom. The highest BCUT2D eigenvalue weighted by molar-refractivity contribution is 5.27. The molecule has 3 heteroatoms. The Morgan fingerprint density at radius 1 is 1.26 bits per heavy atom. The summed E-state index contributed by atoms with van der Waals surface area (Å²) in [6.07, 6.45) is 3.43. The van der Waals surface area contributed by atoms with Crippen LogP contribution in [0.1, 0.15) is 25.3 Å². The molecule has 1 aliphatic rings. The van der Waals surface area contributed by atoms with Crippen LogP contribution in [0.15, 0.2) is 24.3 Å². The highest BCUT2D eigenvalue weighted by atomic mass is 16.5. The molecule has 1 atom stereocenters. The summed E-state index contributed by atoms with van der Waals surface area (Å²) in [6.45, 7) is 5.03. The second-order valence-electron chi connectivity index (χ2n) is 5.17. The fourth-order valence-corrected chi connectivity index (χ4v) is 2.80. The van der Waals surface area contributed by atoms with Crippen LogP contribution in [0.2, 0.25) is 0 Å². The lowest BCUT2D eigenvalue weighted by Gasteiger charge is -2.31. The van der Waals surface area contributed by atoms with Crippen molar-refractivity contribution >= 4 is 0 Å². The second-order valence-corrected chi connectivity index (χ2v) is 5.17. The van der Waals surface area contributed by atoms with E-state index in [2.05, 4.69) is 24.4 Å². The predicted molar refractivity (Wildman–Crippen MR) is 77.7 cm³/mol. The van der Waals surface area contributed by atoms with E-state index >= 15 is 0 Å². The third kappa shape index (κ3) is 4.22. The standard InChI is InChI=1S/C16H25NO2/c1-3-17-16(14-8-10-19-11-9-14)12-13-4-6-15(18-2)7-5-13/h4-7,14,16-17H,3,8-12H2,1-2H3. The molecule has 2 rings (SSSR count). The van der Waals surface area contributed by atoms with Gasteiger partial charge < -0.3 is 14.8 Å². The third-order valence-corrected chi connectivity index (χ3v) is 3.92. The van der Waals surface area contributed by atoms with Gasteiger partial charge in [0.2, 0.25) is 0 Å². The first-order chi connectivity index (χ1) is 9.33. The lowest BCUT2D eigenvalue weighted by molar-refractivity contribution is 0.0540. The van der Waals surface area contributed by atoms with Crippen molar-refractivity contribution in [2.75, 3.05) is 26.9 Å². The fraction of sp³-hybridized carbons (Fsp3) is 0.625. The van der Waals surface area contributed by atoms with Gasteiger partial charge in [0.05, 0.1) is 7.11 Å². The molecule has 19 heavy (non-hydrogen) atoms. The molecule has 106 valence electrons. The van der Waals surface area contributed by atoms with E-state index in [1.165, 1.54) is 18.4 Å². The van der Waals surface area contributed by atoms with E-state index in [9.17, 15) is 0 Å². The number of hydrogen-bond acceptors (Lipinski definition) is 3. The van der Waals surface area contributed by atoms with Gasteiger partial charge in [-0.05, 0) is 49.4 Å². The molecule has 1 saturated heterocycles. The minimum atomic E-state index is 0.558. The summed E-state index contributed by atoms with van der Waals surface area (Å²) in [5, 5.41) is 3.64. The monoisotopic (exact) mass is 263 g/mol. The molecular weight excluding hydrogens is 238 g/mol. The van der Waals surface area contributed by atoms with Gasteiger partial charge in [-0.15, -0.1) is 0 Å². The summed E-state index contributed by atoms with van der Waals surface area (Å²) >= 11 is 0.